The Balaban J connectivity index is 2.20. The van der Waals surface area contributed by atoms with Gasteiger partial charge in [-0.15, -0.1) is 0 Å². The number of methoxy groups -OCH3 is 1. The third kappa shape index (κ3) is 3.54. The van der Waals surface area contributed by atoms with Gasteiger partial charge in [0.2, 0.25) is 11.8 Å². The van der Waals surface area contributed by atoms with E-state index in [1.165, 1.54) is 0 Å². The van der Waals surface area contributed by atoms with Crippen LogP contribution in [0.4, 0.5) is 5.69 Å². The molecule has 0 unspecified atom stereocenters. The maximum absolute atomic E-state index is 5.81. The van der Waals surface area contributed by atoms with Crippen molar-refractivity contribution >= 4 is 5.69 Å². The van der Waals surface area contributed by atoms with Crippen LogP contribution in [0.5, 0.6) is 23.3 Å². The monoisotopic (exact) mass is 274 g/mol. The molecule has 106 valence electrons. The van der Waals surface area contributed by atoms with Crippen molar-refractivity contribution in [1.82, 2.24) is 4.98 Å². The Morgan fingerprint density at radius 1 is 1.10 bits per heavy atom. The maximum atomic E-state index is 5.81. The number of hydrogen-bond donors (Lipinski definition) is 1. The molecule has 0 fully saturated rings. The van der Waals surface area contributed by atoms with Gasteiger partial charge in [0.1, 0.15) is 11.5 Å². The Bertz CT molecular complexity index is 585. The maximum Gasteiger partial charge on any atom is 0.240 e. The van der Waals surface area contributed by atoms with Crippen LogP contribution in [-0.2, 0) is 0 Å². The minimum Gasteiger partial charge on any atom is -0.497 e. The highest BCUT2D eigenvalue weighted by Crippen LogP contribution is 2.28. The molecule has 20 heavy (non-hydrogen) atoms. The fourth-order valence-electron chi connectivity index (χ4n) is 1.59. The van der Waals surface area contributed by atoms with Crippen molar-refractivity contribution in [3.63, 3.8) is 0 Å². The summed E-state index contributed by atoms with van der Waals surface area (Å²) in [7, 11) is 1.61. The second kappa shape index (κ2) is 6.14. The number of hydrogen-bond acceptors (Lipinski definition) is 5. The summed E-state index contributed by atoms with van der Waals surface area (Å²) < 4.78 is 16.3. The largest absolute Gasteiger partial charge is 0.497 e. The highest BCUT2D eigenvalue weighted by molar-refractivity contribution is 5.50. The molecule has 0 aliphatic rings. The molecule has 0 atom stereocenters. The molecule has 0 aliphatic heterocycles. The zero-order valence-corrected chi connectivity index (χ0v) is 11.8. The van der Waals surface area contributed by atoms with Crippen LogP contribution in [0.15, 0.2) is 36.4 Å². The Labute approximate surface area is 118 Å². The quantitative estimate of drug-likeness (QED) is 0.906. The second-order valence-corrected chi connectivity index (χ2v) is 4.49. The molecule has 5 heteroatoms. The SMILES string of the molecule is COc1cccc(Oc2ccc(N)c(OC(C)C)n2)c1. The van der Waals surface area contributed by atoms with Crippen LogP contribution in [0.1, 0.15) is 13.8 Å². The summed E-state index contributed by atoms with van der Waals surface area (Å²) in [6.07, 6.45) is -0.00290. The number of nitrogen functional groups attached to an aromatic ring is 1. The Kier molecular flexibility index (Phi) is 4.30. The number of nitrogens with zero attached hydrogens (tertiary/aromatic N) is 1. The minimum atomic E-state index is -0.00290. The van der Waals surface area contributed by atoms with Crippen molar-refractivity contribution in [3.05, 3.63) is 36.4 Å². The van der Waals surface area contributed by atoms with Crippen LogP contribution in [-0.4, -0.2) is 18.2 Å². The lowest BCUT2D eigenvalue weighted by Gasteiger charge is -2.12. The number of nitrogens with two attached hydrogens (primary N) is 1. The predicted molar refractivity (Wildman–Crippen MR) is 77.5 cm³/mol. The molecule has 0 amide bonds. The summed E-state index contributed by atoms with van der Waals surface area (Å²) in [4.78, 5) is 4.25. The molecular formula is C15H18N2O3. The van der Waals surface area contributed by atoms with Crippen molar-refractivity contribution in [2.45, 2.75) is 20.0 Å². The molecule has 0 saturated heterocycles. The lowest BCUT2D eigenvalue weighted by molar-refractivity contribution is 0.232. The average Bonchev–Trinajstić information content (AvgIpc) is 2.42. The number of benzene rings is 1. The third-order valence-electron chi connectivity index (χ3n) is 2.48. The molecule has 0 bridgehead atoms. The highest BCUT2D eigenvalue weighted by atomic mass is 16.5. The minimum absolute atomic E-state index is 0.00290. The van der Waals surface area contributed by atoms with Gasteiger partial charge in [0.25, 0.3) is 0 Å². The van der Waals surface area contributed by atoms with Crippen molar-refractivity contribution in [2.24, 2.45) is 0 Å². The molecule has 0 spiro atoms. The zero-order chi connectivity index (χ0) is 14.5. The second-order valence-electron chi connectivity index (χ2n) is 4.49. The molecule has 1 heterocycles. The Hall–Kier alpha value is -2.43. The third-order valence-corrected chi connectivity index (χ3v) is 2.48. The smallest absolute Gasteiger partial charge is 0.240 e. The predicted octanol–water partition coefficient (Wildman–Crippen LogP) is 3.25. The number of pyridine rings is 1. The van der Waals surface area contributed by atoms with Gasteiger partial charge in [-0.25, -0.2) is 0 Å². The van der Waals surface area contributed by atoms with Gasteiger partial charge in [-0.3, -0.25) is 0 Å². The molecular weight excluding hydrogens is 256 g/mol. The van der Waals surface area contributed by atoms with Crippen LogP contribution >= 0.6 is 0 Å². The Morgan fingerprint density at radius 3 is 2.55 bits per heavy atom. The summed E-state index contributed by atoms with van der Waals surface area (Å²) in [5.74, 6) is 2.15. The fourth-order valence-corrected chi connectivity index (χ4v) is 1.59. The van der Waals surface area contributed by atoms with Gasteiger partial charge in [-0.1, -0.05) is 6.07 Å². The van der Waals surface area contributed by atoms with E-state index >= 15 is 0 Å². The topological polar surface area (TPSA) is 66.6 Å². The molecule has 0 aliphatic carbocycles. The van der Waals surface area contributed by atoms with E-state index in [0.717, 1.165) is 5.75 Å². The molecule has 0 saturated carbocycles. The van der Waals surface area contributed by atoms with Crippen LogP contribution in [0.25, 0.3) is 0 Å². The van der Waals surface area contributed by atoms with E-state index in [9.17, 15) is 0 Å². The summed E-state index contributed by atoms with van der Waals surface area (Å²) in [5.41, 5.74) is 6.30. The molecule has 1 aromatic heterocycles. The zero-order valence-electron chi connectivity index (χ0n) is 11.8. The van der Waals surface area contributed by atoms with E-state index in [2.05, 4.69) is 4.98 Å². The number of rotatable bonds is 5. The van der Waals surface area contributed by atoms with Crippen molar-refractivity contribution in [1.29, 1.82) is 0 Å². The van der Waals surface area contributed by atoms with Gasteiger partial charge in [0, 0.05) is 12.1 Å². The number of ether oxygens (including phenoxy) is 3. The van der Waals surface area contributed by atoms with Gasteiger partial charge in [0.15, 0.2) is 0 Å². The average molecular weight is 274 g/mol. The molecule has 5 nitrogen and oxygen atoms in total. The summed E-state index contributed by atoms with van der Waals surface area (Å²) in [6.45, 7) is 3.83. The first-order valence-electron chi connectivity index (χ1n) is 6.33. The van der Waals surface area contributed by atoms with Gasteiger partial charge in [-0.2, -0.15) is 4.98 Å². The van der Waals surface area contributed by atoms with E-state index in [-0.39, 0.29) is 6.10 Å². The van der Waals surface area contributed by atoms with Crippen LogP contribution < -0.4 is 19.9 Å². The first-order valence-corrected chi connectivity index (χ1v) is 6.33. The van der Waals surface area contributed by atoms with E-state index in [1.807, 2.05) is 32.0 Å². The fraction of sp³-hybridized carbons (Fsp3) is 0.267. The summed E-state index contributed by atoms with van der Waals surface area (Å²) in [6, 6.07) is 10.7. The molecule has 2 rings (SSSR count). The van der Waals surface area contributed by atoms with E-state index < -0.39 is 0 Å². The first kappa shape index (κ1) is 14.0. The standard InChI is InChI=1S/C15H18N2O3/c1-10(2)19-15-13(16)7-8-14(17-15)20-12-6-4-5-11(9-12)18-3/h4-10H,16H2,1-3H3. The lowest BCUT2D eigenvalue weighted by Crippen LogP contribution is -2.09. The van der Waals surface area contributed by atoms with Crippen LogP contribution in [0.2, 0.25) is 0 Å². The van der Waals surface area contributed by atoms with Crippen LogP contribution in [0.3, 0.4) is 0 Å². The molecule has 1 aromatic carbocycles. The molecule has 2 aromatic rings. The van der Waals surface area contributed by atoms with Gasteiger partial charge in [-0.05, 0) is 32.0 Å². The van der Waals surface area contributed by atoms with E-state index in [4.69, 9.17) is 19.9 Å². The van der Waals surface area contributed by atoms with Crippen LogP contribution in [0, 0.1) is 0 Å². The van der Waals surface area contributed by atoms with Crippen molar-refractivity contribution < 1.29 is 14.2 Å². The normalized spacial score (nSPS) is 10.4. The number of aromatic nitrogens is 1. The van der Waals surface area contributed by atoms with Gasteiger partial charge >= 0.3 is 0 Å². The lowest BCUT2D eigenvalue weighted by atomic mass is 10.3. The summed E-state index contributed by atoms with van der Waals surface area (Å²) >= 11 is 0. The molecule has 2 N–H and O–H groups in total. The van der Waals surface area contributed by atoms with Crippen molar-refractivity contribution in [3.8, 4) is 23.3 Å². The van der Waals surface area contributed by atoms with E-state index in [1.54, 1.807) is 25.3 Å². The number of anilines is 1. The summed E-state index contributed by atoms with van der Waals surface area (Å²) in [5, 5.41) is 0. The van der Waals surface area contributed by atoms with Gasteiger partial charge < -0.3 is 19.9 Å². The Morgan fingerprint density at radius 2 is 1.85 bits per heavy atom. The molecule has 0 radical (unpaired) electrons. The first-order chi connectivity index (χ1) is 9.58. The van der Waals surface area contributed by atoms with Crippen molar-refractivity contribution in [2.75, 3.05) is 12.8 Å². The van der Waals surface area contributed by atoms with E-state index in [0.29, 0.717) is 23.2 Å². The van der Waals surface area contributed by atoms with Gasteiger partial charge in [0.05, 0.1) is 18.9 Å². The highest BCUT2D eigenvalue weighted by Gasteiger charge is 2.08.